The quantitative estimate of drug-likeness (QED) is 0.636. The highest BCUT2D eigenvalue weighted by molar-refractivity contribution is 7.10. The monoisotopic (exact) mass is 268 g/mol. The number of hydrogen-bond acceptors (Lipinski definition) is 4. The molecule has 0 aliphatic rings. The van der Waals surface area contributed by atoms with Crippen molar-refractivity contribution in [2.45, 2.75) is 17.7 Å². The number of aromatic nitrogens is 2. The number of amides is 2. The molecule has 15 heavy (non-hydrogen) atoms. The molecule has 0 radical (unpaired) electrons. The second-order valence-corrected chi connectivity index (χ2v) is 4.76. The summed E-state index contributed by atoms with van der Waals surface area (Å²) in [5, 5.41) is 9.44. The van der Waals surface area contributed by atoms with Crippen molar-refractivity contribution in [1.82, 2.24) is 14.9 Å². The number of hydrogen-bond donors (Lipinski definition) is 2. The second kappa shape index (κ2) is 6.81. The number of urea groups is 1. The Morgan fingerprint density at radius 2 is 2.40 bits per heavy atom. The minimum absolute atomic E-state index is 0.276. The zero-order valence-corrected chi connectivity index (χ0v) is 10.1. The van der Waals surface area contributed by atoms with Gasteiger partial charge in [-0.2, -0.15) is 0 Å². The molecule has 1 aromatic rings. The van der Waals surface area contributed by atoms with Crippen molar-refractivity contribution in [2.75, 3.05) is 11.9 Å². The number of anilines is 1. The van der Waals surface area contributed by atoms with Gasteiger partial charge < -0.3 is 5.32 Å². The Morgan fingerprint density at radius 3 is 3.00 bits per heavy atom. The Balaban J connectivity index is 2.09. The Morgan fingerprint density at radius 1 is 1.60 bits per heavy atom. The summed E-state index contributed by atoms with van der Waals surface area (Å²) in [6.07, 6.45) is 2.88. The molecular weight excluding hydrogens is 259 g/mol. The van der Waals surface area contributed by atoms with Crippen LogP contribution in [0.25, 0.3) is 0 Å². The van der Waals surface area contributed by atoms with Crippen LogP contribution in [0.3, 0.4) is 0 Å². The summed E-state index contributed by atoms with van der Waals surface area (Å²) in [6, 6.07) is -0.276. The first-order chi connectivity index (χ1) is 7.18. The van der Waals surface area contributed by atoms with Gasteiger partial charge in [-0.05, 0) is 12.8 Å². The smallest absolute Gasteiger partial charge is 0.319 e. The summed E-state index contributed by atoms with van der Waals surface area (Å²) in [6.45, 7) is 0.536. The molecule has 8 heteroatoms. The Kier molecular flexibility index (Phi) is 5.67. The second-order valence-electron chi connectivity index (χ2n) is 2.70. The van der Waals surface area contributed by atoms with Crippen LogP contribution in [0.2, 0.25) is 0 Å². The first-order valence-corrected chi connectivity index (χ1v) is 5.93. The number of halogens is 2. The molecule has 0 aromatic carbocycles. The summed E-state index contributed by atoms with van der Waals surface area (Å²) in [7, 11) is 0. The minimum atomic E-state index is -0.374. The van der Waals surface area contributed by atoms with E-state index in [9.17, 15) is 4.79 Å². The topological polar surface area (TPSA) is 66.9 Å². The molecule has 1 heterocycles. The van der Waals surface area contributed by atoms with Gasteiger partial charge in [0.1, 0.15) is 9.84 Å². The summed E-state index contributed by atoms with van der Waals surface area (Å²) in [5.41, 5.74) is 0. The van der Waals surface area contributed by atoms with Crippen LogP contribution in [0, 0.1) is 0 Å². The molecule has 5 nitrogen and oxygen atoms in total. The lowest BCUT2D eigenvalue weighted by Crippen LogP contribution is -2.29. The van der Waals surface area contributed by atoms with Gasteiger partial charge in [-0.1, -0.05) is 4.49 Å². The standard InChI is InChI=1S/C7H10Cl2N4OS/c8-5(9)2-1-3-10-7(14)12-6-4-11-13-15-6/h4-5H,1-3H2,(H2,10,12,14). The summed E-state index contributed by atoms with van der Waals surface area (Å²) < 4.78 is 3.61. The maximum absolute atomic E-state index is 11.2. The average Bonchev–Trinajstić information content (AvgIpc) is 2.64. The summed E-state index contributed by atoms with van der Waals surface area (Å²) >= 11 is 12.2. The van der Waals surface area contributed by atoms with Gasteiger partial charge in [0.05, 0.1) is 6.20 Å². The molecule has 0 aliphatic heterocycles. The van der Waals surface area contributed by atoms with E-state index in [1.807, 2.05) is 0 Å². The van der Waals surface area contributed by atoms with Crippen molar-refractivity contribution < 1.29 is 4.79 Å². The van der Waals surface area contributed by atoms with Crippen molar-refractivity contribution in [1.29, 1.82) is 0 Å². The van der Waals surface area contributed by atoms with Crippen molar-refractivity contribution in [3.8, 4) is 0 Å². The maximum atomic E-state index is 11.2. The maximum Gasteiger partial charge on any atom is 0.319 e. The molecule has 0 spiro atoms. The molecule has 84 valence electrons. The van der Waals surface area contributed by atoms with Crippen molar-refractivity contribution in [3.63, 3.8) is 0 Å². The molecule has 1 aromatic heterocycles. The fraction of sp³-hybridized carbons (Fsp3) is 0.571. The predicted octanol–water partition coefficient (Wildman–Crippen LogP) is 2.24. The van der Waals surface area contributed by atoms with Gasteiger partial charge in [-0.15, -0.1) is 28.3 Å². The number of nitrogens with one attached hydrogen (secondary N) is 2. The molecular formula is C7H10Cl2N4OS. The lowest BCUT2D eigenvalue weighted by atomic mass is 10.3. The number of rotatable bonds is 5. The van der Waals surface area contributed by atoms with E-state index in [0.717, 1.165) is 18.0 Å². The molecule has 2 amide bonds. The highest BCUT2D eigenvalue weighted by Crippen LogP contribution is 2.09. The van der Waals surface area contributed by atoms with Crippen molar-refractivity contribution >= 4 is 45.8 Å². The van der Waals surface area contributed by atoms with Crippen LogP contribution in [-0.4, -0.2) is 27.0 Å². The third-order valence-electron chi connectivity index (χ3n) is 1.48. The van der Waals surface area contributed by atoms with Crippen LogP contribution < -0.4 is 10.6 Å². The van der Waals surface area contributed by atoms with Crippen LogP contribution in [0.5, 0.6) is 0 Å². The van der Waals surface area contributed by atoms with E-state index >= 15 is 0 Å². The average molecular weight is 269 g/mol. The fourth-order valence-electron chi connectivity index (χ4n) is 0.837. The molecule has 2 N–H and O–H groups in total. The third-order valence-corrected chi connectivity index (χ3v) is 2.50. The van der Waals surface area contributed by atoms with Gasteiger partial charge in [0, 0.05) is 18.1 Å². The van der Waals surface area contributed by atoms with E-state index < -0.39 is 0 Å². The lowest BCUT2D eigenvalue weighted by molar-refractivity contribution is 0.252. The van der Waals surface area contributed by atoms with E-state index in [1.54, 1.807) is 0 Å². The van der Waals surface area contributed by atoms with Gasteiger partial charge in [0.2, 0.25) is 0 Å². The molecule has 1 rings (SSSR count). The number of carbonyl (C=O) groups excluding carboxylic acids is 1. The van der Waals surface area contributed by atoms with Crippen molar-refractivity contribution in [3.05, 3.63) is 6.20 Å². The van der Waals surface area contributed by atoms with E-state index in [2.05, 4.69) is 20.2 Å². The molecule has 0 saturated carbocycles. The van der Waals surface area contributed by atoms with Gasteiger partial charge in [0.15, 0.2) is 0 Å². The van der Waals surface area contributed by atoms with Gasteiger partial charge in [-0.3, -0.25) is 5.32 Å². The minimum Gasteiger partial charge on any atom is -0.338 e. The zero-order valence-electron chi connectivity index (χ0n) is 7.74. The molecule has 0 fully saturated rings. The first kappa shape index (κ1) is 12.5. The molecule has 0 bridgehead atoms. The SMILES string of the molecule is O=C(NCCCC(Cl)Cl)Nc1cnns1. The third kappa shape index (κ3) is 5.76. The Labute approximate surface area is 101 Å². The molecule has 0 unspecified atom stereocenters. The molecule has 0 saturated heterocycles. The van der Waals surface area contributed by atoms with E-state index in [-0.39, 0.29) is 10.9 Å². The van der Waals surface area contributed by atoms with Gasteiger partial charge in [-0.25, -0.2) is 4.79 Å². The van der Waals surface area contributed by atoms with E-state index in [1.165, 1.54) is 6.20 Å². The van der Waals surface area contributed by atoms with E-state index in [4.69, 9.17) is 23.2 Å². The van der Waals surface area contributed by atoms with Crippen LogP contribution in [0.4, 0.5) is 9.80 Å². The van der Waals surface area contributed by atoms with Crippen LogP contribution in [0.15, 0.2) is 6.20 Å². The summed E-state index contributed by atoms with van der Waals surface area (Å²) in [4.78, 5) is 10.8. The largest absolute Gasteiger partial charge is 0.338 e. The number of alkyl halides is 2. The Hall–Kier alpha value is -0.590. The van der Waals surface area contributed by atoms with Crippen molar-refractivity contribution in [2.24, 2.45) is 0 Å². The highest BCUT2D eigenvalue weighted by atomic mass is 35.5. The number of nitrogens with zero attached hydrogens (tertiary/aromatic N) is 2. The molecule has 0 aliphatic carbocycles. The van der Waals surface area contributed by atoms with Crippen LogP contribution in [0.1, 0.15) is 12.8 Å². The lowest BCUT2D eigenvalue weighted by Gasteiger charge is -2.05. The Bertz CT molecular complexity index is 293. The van der Waals surface area contributed by atoms with E-state index in [0.29, 0.717) is 18.0 Å². The van der Waals surface area contributed by atoms with Crippen LogP contribution >= 0.6 is 34.7 Å². The zero-order chi connectivity index (χ0) is 11.1. The fourth-order valence-corrected chi connectivity index (χ4v) is 1.56. The highest BCUT2D eigenvalue weighted by Gasteiger charge is 2.03. The predicted molar refractivity (Wildman–Crippen MR) is 61.7 cm³/mol. The number of carbonyl (C=O) groups is 1. The first-order valence-electron chi connectivity index (χ1n) is 4.29. The summed E-state index contributed by atoms with van der Waals surface area (Å²) in [5.74, 6) is 0. The van der Waals surface area contributed by atoms with Crippen LogP contribution in [-0.2, 0) is 0 Å². The van der Waals surface area contributed by atoms with Gasteiger partial charge >= 0.3 is 6.03 Å². The normalized spacial score (nSPS) is 10.3. The van der Waals surface area contributed by atoms with Gasteiger partial charge in [0.25, 0.3) is 0 Å². The molecule has 0 atom stereocenters.